The van der Waals surface area contributed by atoms with Crippen LogP contribution in [0.2, 0.25) is 0 Å². The van der Waals surface area contributed by atoms with Gasteiger partial charge in [0.25, 0.3) is 0 Å². The van der Waals surface area contributed by atoms with E-state index in [1.54, 1.807) is 12.1 Å². The number of quaternary nitrogens is 1. The van der Waals surface area contributed by atoms with E-state index in [9.17, 15) is 9.18 Å². The van der Waals surface area contributed by atoms with Gasteiger partial charge in [0.1, 0.15) is 24.7 Å². The summed E-state index contributed by atoms with van der Waals surface area (Å²) in [6.07, 6.45) is 0.531. The number of aryl methyl sites for hydroxylation is 1. The minimum absolute atomic E-state index is 0.216. The van der Waals surface area contributed by atoms with Gasteiger partial charge < -0.3 is 9.15 Å². The summed E-state index contributed by atoms with van der Waals surface area (Å²) < 4.78 is 25.9. The van der Waals surface area contributed by atoms with Crippen LogP contribution in [0, 0.1) is 12.7 Å². The molecule has 0 spiro atoms. The maximum absolute atomic E-state index is 14.1. The first-order chi connectivity index (χ1) is 15.1. The van der Waals surface area contributed by atoms with Crippen molar-refractivity contribution in [1.82, 2.24) is 0 Å². The third-order valence-corrected chi connectivity index (χ3v) is 6.00. The molecule has 5 rings (SSSR count). The van der Waals surface area contributed by atoms with Crippen LogP contribution in [0.1, 0.15) is 27.8 Å². The lowest BCUT2D eigenvalue weighted by Gasteiger charge is -2.27. The SMILES string of the molecule is Cc1c(Cc2ccccc2)c(=O)oc2c3c(ccc12)OC[NH+](Cc1ccccc1F)C3. The average molecular weight is 416 g/mol. The van der Waals surface area contributed by atoms with Gasteiger partial charge in [-0.25, -0.2) is 9.18 Å². The molecule has 0 amide bonds. The first kappa shape index (κ1) is 19.5. The quantitative estimate of drug-likeness (QED) is 0.515. The van der Waals surface area contributed by atoms with Crippen molar-refractivity contribution in [3.63, 3.8) is 0 Å². The molecule has 1 unspecified atom stereocenters. The smallest absolute Gasteiger partial charge is 0.340 e. The van der Waals surface area contributed by atoms with E-state index in [1.807, 2.05) is 55.5 Å². The van der Waals surface area contributed by atoms with E-state index < -0.39 is 0 Å². The summed E-state index contributed by atoms with van der Waals surface area (Å²) in [7, 11) is 0. The molecule has 5 heteroatoms. The van der Waals surface area contributed by atoms with Crippen molar-refractivity contribution in [1.29, 1.82) is 0 Å². The third-order valence-electron chi connectivity index (χ3n) is 6.00. The van der Waals surface area contributed by atoms with Crippen molar-refractivity contribution >= 4 is 11.0 Å². The van der Waals surface area contributed by atoms with E-state index in [4.69, 9.17) is 9.15 Å². The minimum atomic E-state index is -0.316. The predicted molar refractivity (Wildman–Crippen MR) is 117 cm³/mol. The fourth-order valence-electron chi connectivity index (χ4n) is 4.30. The highest BCUT2D eigenvalue weighted by atomic mass is 19.1. The molecule has 1 atom stereocenters. The zero-order chi connectivity index (χ0) is 21.4. The maximum Gasteiger partial charge on any atom is 0.340 e. The third kappa shape index (κ3) is 3.73. The van der Waals surface area contributed by atoms with Crippen LogP contribution in [-0.2, 0) is 19.5 Å². The van der Waals surface area contributed by atoms with Gasteiger partial charge in [-0.3, -0.25) is 4.90 Å². The lowest BCUT2D eigenvalue weighted by Crippen LogP contribution is -3.11. The topological polar surface area (TPSA) is 43.9 Å². The molecule has 1 N–H and O–H groups in total. The molecule has 31 heavy (non-hydrogen) atoms. The number of halogens is 1. The van der Waals surface area contributed by atoms with Gasteiger partial charge >= 0.3 is 5.63 Å². The summed E-state index contributed by atoms with van der Waals surface area (Å²) >= 11 is 0. The molecule has 0 saturated heterocycles. The molecular weight excluding hydrogens is 393 g/mol. The second kappa shape index (κ2) is 8.00. The van der Waals surface area contributed by atoms with Gasteiger partial charge in [-0.15, -0.1) is 0 Å². The normalized spacial score (nSPS) is 15.5. The van der Waals surface area contributed by atoms with Gasteiger partial charge in [-0.05, 0) is 36.2 Å². The Morgan fingerprint density at radius 3 is 2.58 bits per heavy atom. The average Bonchev–Trinajstić information content (AvgIpc) is 2.79. The standard InChI is InChI=1S/C26H22FNO3/c1-17-20-11-12-24-22(15-28(16-30-24)14-19-9-5-6-10-23(19)27)25(20)31-26(29)21(17)13-18-7-3-2-4-8-18/h2-12H,13-16H2,1H3/p+1. The van der Waals surface area contributed by atoms with Crippen LogP contribution in [0.5, 0.6) is 5.75 Å². The van der Waals surface area contributed by atoms with E-state index in [0.29, 0.717) is 43.0 Å². The molecule has 156 valence electrons. The van der Waals surface area contributed by atoms with Crippen molar-refractivity contribution in [2.24, 2.45) is 0 Å². The number of hydrogen-bond donors (Lipinski definition) is 1. The number of nitrogens with one attached hydrogen (secondary N) is 1. The summed E-state index contributed by atoms with van der Waals surface area (Å²) in [5, 5.41) is 0.917. The Morgan fingerprint density at radius 1 is 1.00 bits per heavy atom. The monoisotopic (exact) mass is 416 g/mol. The van der Waals surface area contributed by atoms with E-state index >= 15 is 0 Å². The van der Waals surface area contributed by atoms with Gasteiger partial charge in [-0.1, -0.05) is 48.5 Å². The first-order valence-corrected chi connectivity index (χ1v) is 10.4. The Hall–Kier alpha value is -3.44. The maximum atomic E-state index is 14.1. The molecule has 4 nitrogen and oxygen atoms in total. The number of hydrogen-bond acceptors (Lipinski definition) is 3. The molecule has 1 aromatic heterocycles. The van der Waals surface area contributed by atoms with Gasteiger partial charge in [0.05, 0.1) is 5.56 Å². The summed E-state index contributed by atoms with van der Waals surface area (Å²) in [5.74, 6) is 0.509. The first-order valence-electron chi connectivity index (χ1n) is 10.4. The van der Waals surface area contributed by atoms with Crippen molar-refractivity contribution < 1.29 is 18.4 Å². The van der Waals surface area contributed by atoms with Crippen molar-refractivity contribution in [2.45, 2.75) is 26.4 Å². The highest BCUT2D eigenvalue weighted by Crippen LogP contribution is 2.31. The molecule has 1 aliphatic heterocycles. The number of fused-ring (bicyclic) bond motifs is 3. The van der Waals surface area contributed by atoms with E-state index in [1.165, 1.54) is 6.07 Å². The summed E-state index contributed by atoms with van der Waals surface area (Å²) in [5.41, 5.74) is 4.43. The van der Waals surface area contributed by atoms with E-state index in [-0.39, 0.29) is 11.4 Å². The van der Waals surface area contributed by atoms with Crippen LogP contribution < -0.4 is 15.3 Å². The van der Waals surface area contributed by atoms with Gasteiger partial charge in [0.15, 0.2) is 5.58 Å². The Bertz CT molecular complexity index is 1310. The highest BCUT2D eigenvalue weighted by Gasteiger charge is 2.26. The van der Waals surface area contributed by atoms with Crippen LogP contribution in [-0.4, -0.2) is 6.73 Å². The second-order valence-corrected chi connectivity index (χ2v) is 8.06. The molecule has 0 bridgehead atoms. The molecule has 0 saturated carbocycles. The molecule has 1 aliphatic rings. The summed E-state index contributed by atoms with van der Waals surface area (Å²) in [6.45, 7) is 3.50. The molecule has 0 radical (unpaired) electrons. The van der Waals surface area contributed by atoms with Crippen LogP contribution in [0.4, 0.5) is 4.39 Å². The molecule has 4 aromatic rings. The van der Waals surface area contributed by atoms with Crippen LogP contribution in [0.3, 0.4) is 0 Å². The number of rotatable bonds is 4. The number of benzene rings is 3. The minimum Gasteiger partial charge on any atom is -0.445 e. The molecule has 0 aliphatic carbocycles. The molecule has 0 fully saturated rings. The lowest BCUT2D eigenvalue weighted by molar-refractivity contribution is -0.945. The largest absolute Gasteiger partial charge is 0.445 e. The summed E-state index contributed by atoms with van der Waals surface area (Å²) in [6, 6.07) is 20.6. The lowest BCUT2D eigenvalue weighted by atomic mass is 9.97. The Kier molecular flexibility index (Phi) is 5.04. The van der Waals surface area contributed by atoms with E-state index in [2.05, 4.69) is 0 Å². The van der Waals surface area contributed by atoms with Gasteiger partial charge in [0.2, 0.25) is 6.73 Å². The highest BCUT2D eigenvalue weighted by molar-refractivity contribution is 5.86. The summed E-state index contributed by atoms with van der Waals surface area (Å²) in [4.78, 5) is 14.0. The fraction of sp³-hybridized carbons (Fsp3) is 0.192. The predicted octanol–water partition coefficient (Wildman–Crippen LogP) is 3.77. The van der Waals surface area contributed by atoms with E-state index in [0.717, 1.165) is 32.7 Å². The van der Waals surface area contributed by atoms with Crippen LogP contribution in [0.15, 0.2) is 75.9 Å². The van der Waals surface area contributed by atoms with Crippen molar-refractivity contribution in [3.8, 4) is 5.75 Å². The molecule has 2 heterocycles. The van der Waals surface area contributed by atoms with Crippen molar-refractivity contribution in [3.05, 3.63) is 111 Å². The number of ether oxygens (including phenoxy) is 1. The Morgan fingerprint density at radius 2 is 1.77 bits per heavy atom. The van der Waals surface area contributed by atoms with Crippen LogP contribution >= 0.6 is 0 Å². The Balaban J connectivity index is 1.52. The fourth-order valence-corrected chi connectivity index (χ4v) is 4.30. The van der Waals surface area contributed by atoms with Gasteiger partial charge in [0, 0.05) is 22.9 Å². The zero-order valence-electron chi connectivity index (χ0n) is 17.3. The molecule has 3 aromatic carbocycles. The zero-order valence-corrected chi connectivity index (χ0v) is 17.3. The Labute approximate surface area is 179 Å². The van der Waals surface area contributed by atoms with Crippen LogP contribution in [0.25, 0.3) is 11.0 Å². The molecular formula is C26H23FNO3+. The van der Waals surface area contributed by atoms with Gasteiger partial charge in [-0.2, -0.15) is 0 Å². The second-order valence-electron chi connectivity index (χ2n) is 8.06. The van der Waals surface area contributed by atoms with Crippen molar-refractivity contribution in [2.75, 3.05) is 6.73 Å².